The van der Waals surface area contributed by atoms with E-state index in [9.17, 15) is 0 Å². The zero-order valence-electron chi connectivity index (χ0n) is 9.27. The van der Waals surface area contributed by atoms with Crippen molar-refractivity contribution in [3.63, 3.8) is 0 Å². The van der Waals surface area contributed by atoms with Gasteiger partial charge in [-0.3, -0.25) is 4.98 Å². The Kier molecular flexibility index (Phi) is 2.57. The SMILES string of the molecule is CC(C)(C)[n+]1csc(-c2ccncc2)c1. The molecule has 0 bridgehead atoms. The second-order valence-electron chi connectivity index (χ2n) is 4.53. The van der Waals surface area contributed by atoms with Gasteiger partial charge in [0.05, 0.1) is 0 Å². The minimum Gasteiger partial charge on any atom is -0.265 e. The molecule has 2 heterocycles. The van der Waals surface area contributed by atoms with E-state index >= 15 is 0 Å². The maximum absolute atomic E-state index is 4.02. The monoisotopic (exact) mass is 219 g/mol. The Bertz CT molecular complexity index is 440. The first-order valence-electron chi connectivity index (χ1n) is 4.98. The molecule has 0 aliphatic carbocycles. The van der Waals surface area contributed by atoms with Crippen LogP contribution in [0.4, 0.5) is 0 Å². The minimum absolute atomic E-state index is 0.155. The predicted molar refractivity (Wildman–Crippen MR) is 62.7 cm³/mol. The van der Waals surface area contributed by atoms with Gasteiger partial charge in [0.2, 0.25) is 5.51 Å². The van der Waals surface area contributed by atoms with Crippen molar-refractivity contribution in [2.75, 3.05) is 0 Å². The summed E-state index contributed by atoms with van der Waals surface area (Å²) >= 11 is 1.76. The van der Waals surface area contributed by atoms with Gasteiger partial charge in [0.1, 0.15) is 4.88 Å². The Hall–Kier alpha value is -1.22. The Morgan fingerprint density at radius 2 is 1.87 bits per heavy atom. The lowest BCUT2D eigenvalue weighted by Gasteiger charge is -2.09. The highest BCUT2D eigenvalue weighted by Crippen LogP contribution is 2.22. The van der Waals surface area contributed by atoms with Gasteiger partial charge in [-0.2, -0.15) is 4.57 Å². The summed E-state index contributed by atoms with van der Waals surface area (Å²) < 4.78 is 2.24. The van der Waals surface area contributed by atoms with Crippen LogP contribution in [0, 0.1) is 0 Å². The number of thiazole rings is 1. The maximum Gasteiger partial charge on any atom is 0.225 e. The van der Waals surface area contributed by atoms with E-state index in [0.717, 1.165) is 0 Å². The molecule has 0 radical (unpaired) electrons. The van der Waals surface area contributed by atoms with Gasteiger partial charge in [0, 0.05) is 38.7 Å². The van der Waals surface area contributed by atoms with Crippen LogP contribution in [0.3, 0.4) is 0 Å². The van der Waals surface area contributed by atoms with Crippen LogP contribution in [-0.2, 0) is 5.54 Å². The molecular weight excluding hydrogens is 204 g/mol. The van der Waals surface area contributed by atoms with E-state index in [1.165, 1.54) is 10.4 Å². The maximum atomic E-state index is 4.02. The largest absolute Gasteiger partial charge is 0.265 e. The molecule has 15 heavy (non-hydrogen) atoms. The summed E-state index contributed by atoms with van der Waals surface area (Å²) in [6.07, 6.45) is 5.85. The molecule has 0 saturated carbocycles. The van der Waals surface area contributed by atoms with Crippen LogP contribution in [0.2, 0.25) is 0 Å². The number of aromatic nitrogens is 2. The molecule has 0 amide bonds. The zero-order chi connectivity index (χ0) is 10.9. The van der Waals surface area contributed by atoms with E-state index in [-0.39, 0.29) is 5.54 Å². The molecule has 2 rings (SSSR count). The van der Waals surface area contributed by atoms with Gasteiger partial charge in [-0.25, -0.2) is 0 Å². The molecule has 2 aromatic heterocycles. The lowest BCUT2D eigenvalue weighted by Crippen LogP contribution is -2.47. The molecule has 0 N–H and O–H groups in total. The molecule has 0 aliphatic heterocycles. The first kappa shape index (κ1) is 10.3. The first-order valence-corrected chi connectivity index (χ1v) is 5.86. The number of pyridine rings is 1. The van der Waals surface area contributed by atoms with Gasteiger partial charge in [0.15, 0.2) is 11.7 Å². The van der Waals surface area contributed by atoms with E-state index < -0.39 is 0 Å². The van der Waals surface area contributed by atoms with Crippen molar-refractivity contribution < 1.29 is 4.57 Å². The van der Waals surface area contributed by atoms with E-state index in [1.54, 1.807) is 11.3 Å². The van der Waals surface area contributed by atoms with E-state index in [4.69, 9.17) is 0 Å². The van der Waals surface area contributed by atoms with Gasteiger partial charge in [-0.05, 0) is 12.1 Å². The Balaban J connectivity index is 2.37. The topological polar surface area (TPSA) is 16.8 Å². The third-order valence-corrected chi connectivity index (χ3v) is 3.22. The van der Waals surface area contributed by atoms with Gasteiger partial charge >= 0.3 is 0 Å². The summed E-state index contributed by atoms with van der Waals surface area (Å²) in [5.41, 5.74) is 3.55. The molecule has 0 atom stereocenters. The minimum atomic E-state index is 0.155. The third kappa shape index (κ3) is 2.23. The molecule has 0 aromatic carbocycles. The molecule has 78 valence electrons. The molecular formula is C12H15N2S+. The van der Waals surface area contributed by atoms with Crippen LogP contribution in [0.15, 0.2) is 36.2 Å². The Morgan fingerprint density at radius 3 is 2.40 bits per heavy atom. The quantitative estimate of drug-likeness (QED) is 0.674. The molecule has 3 heteroatoms. The molecule has 0 saturated heterocycles. The molecule has 0 aliphatic rings. The number of nitrogens with zero attached hydrogens (tertiary/aromatic N) is 2. The summed E-state index contributed by atoms with van der Waals surface area (Å²) in [5, 5.41) is 0. The van der Waals surface area contributed by atoms with Crippen molar-refractivity contribution in [3.8, 4) is 10.4 Å². The lowest BCUT2D eigenvalue weighted by atomic mass is 10.1. The van der Waals surface area contributed by atoms with Crippen molar-refractivity contribution in [1.29, 1.82) is 0 Å². The standard InChI is InChI=1S/C12H15N2S/c1-12(2,3)14-8-11(15-9-14)10-4-6-13-7-5-10/h4-9H,1-3H3/q+1. The lowest BCUT2D eigenvalue weighted by molar-refractivity contribution is -0.749. The van der Waals surface area contributed by atoms with Crippen LogP contribution < -0.4 is 4.57 Å². The highest BCUT2D eigenvalue weighted by molar-refractivity contribution is 7.12. The molecule has 2 aromatic rings. The second kappa shape index (κ2) is 3.74. The van der Waals surface area contributed by atoms with Crippen molar-refractivity contribution in [2.45, 2.75) is 26.3 Å². The van der Waals surface area contributed by atoms with Crippen molar-refractivity contribution in [1.82, 2.24) is 4.98 Å². The predicted octanol–water partition coefficient (Wildman–Crippen LogP) is 2.85. The number of hydrogen-bond donors (Lipinski definition) is 0. The Morgan fingerprint density at radius 1 is 1.20 bits per heavy atom. The summed E-state index contributed by atoms with van der Waals surface area (Å²) in [4.78, 5) is 5.31. The number of rotatable bonds is 1. The summed E-state index contributed by atoms with van der Waals surface area (Å²) in [5.74, 6) is 0. The smallest absolute Gasteiger partial charge is 0.225 e. The van der Waals surface area contributed by atoms with Gasteiger partial charge < -0.3 is 0 Å². The van der Waals surface area contributed by atoms with Crippen LogP contribution in [-0.4, -0.2) is 4.98 Å². The Labute approximate surface area is 94.2 Å². The second-order valence-corrected chi connectivity index (χ2v) is 5.42. The van der Waals surface area contributed by atoms with Crippen LogP contribution in [0.25, 0.3) is 10.4 Å². The fraction of sp³-hybridized carbons (Fsp3) is 0.333. The van der Waals surface area contributed by atoms with Gasteiger partial charge in [0.25, 0.3) is 0 Å². The molecule has 0 unspecified atom stereocenters. The van der Waals surface area contributed by atoms with E-state index in [2.05, 4.69) is 42.0 Å². The van der Waals surface area contributed by atoms with Gasteiger partial charge in [-0.1, -0.05) is 11.3 Å². The third-order valence-electron chi connectivity index (χ3n) is 2.29. The fourth-order valence-electron chi connectivity index (χ4n) is 1.31. The highest BCUT2D eigenvalue weighted by Gasteiger charge is 2.23. The summed E-state index contributed by atoms with van der Waals surface area (Å²) in [6, 6.07) is 4.08. The first-order chi connectivity index (χ1) is 7.07. The van der Waals surface area contributed by atoms with Crippen molar-refractivity contribution in [2.24, 2.45) is 0 Å². The highest BCUT2D eigenvalue weighted by atomic mass is 32.1. The fourth-order valence-corrected chi connectivity index (χ4v) is 2.36. The van der Waals surface area contributed by atoms with Crippen LogP contribution >= 0.6 is 11.3 Å². The van der Waals surface area contributed by atoms with E-state index in [0.29, 0.717) is 0 Å². The van der Waals surface area contributed by atoms with Crippen LogP contribution in [0.1, 0.15) is 20.8 Å². The molecule has 0 spiro atoms. The van der Waals surface area contributed by atoms with Gasteiger partial charge in [-0.15, -0.1) is 0 Å². The normalized spacial score (nSPS) is 11.7. The number of hydrogen-bond acceptors (Lipinski definition) is 2. The molecule has 0 fully saturated rings. The zero-order valence-corrected chi connectivity index (χ0v) is 10.1. The van der Waals surface area contributed by atoms with E-state index in [1.807, 2.05) is 24.5 Å². The van der Waals surface area contributed by atoms with Crippen molar-refractivity contribution >= 4 is 11.3 Å². The van der Waals surface area contributed by atoms with Crippen molar-refractivity contribution in [3.05, 3.63) is 36.2 Å². The van der Waals surface area contributed by atoms with Crippen LogP contribution in [0.5, 0.6) is 0 Å². The molecule has 2 nitrogen and oxygen atoms in total. The average molecular weight is 219 g/mol. The average Bonchev–Trinajstić information content (AvgIpc) is 2.67. The summed E-state index contributed by atoms with van der Waals surface area (Å²) in [7, 11) is 0. The summed E-state index contributed by atoms with van der Waals surface area (Å²) in [6.45, 7) is 6.61.